The van der Waals surface area contributed by atoms with Gasteiger partial charge in [-0.1, -0.05) is 43.3 Å². The topological polar surface area (TPSA) is 9.23 Å². The van der Waals surface area contributed by atoms with Gasteiger partial charge < -0.3 is 4.74 Å². The Morgan fingerprint density at radius 3 is 2.62 bits per heavy atom. The molecule has 0 aliphatic carbocycles. The number of benzene rings is 2. The normalized spacial score (nSPS) is 10.1. The molecule has 2 rings (SSSR count). The molecule has 0 fully saturated rings. The predicted molar refractivity (Wildman–Crippen MR) is 66.5 cm³/mol. The molecule has 0 aliphatic heterocycles. The van der Waals surface area contributed by atoms with Gasteiger partial charge >= 0.3 is 0 Å². The van der Waals surface area contributed by atoms with E-state index in [4.69, 9.17) is 4.74 Å². The van der Waals surface area contributed by atoms with Crippen molar-refractivity contribution in [2.75, 3.05) is 6.61 Å². The van der Waals surface area contributed by atoms with Gasteiger partial charge in [-0.25, -0.2) is 0 Å². The van der Waals surface area contributed by atoms with Crippen LogP contribution in [0.25, 0.3) is 11.1 Å². The molecule has 0 saturated carbocycles. The maximum atomic E-state index is 5.61. The van der Waals surface area contributed by atoms with Gasteiger partial charge in [0.25, 0.3) is 0 Å². The van der Waals surface area contributed by atoms with Crippen LogP contribution >= 0.6 is 0 Å². The third-order valence-electron chi connectivity index (χ3n) is 2.36. The summed E-state index contributed by atoms with van der Waals surface area (Å²) in [4.78, 5) is 0. The van der Waals surface area contributed by atoms with Crippen molar-refractivity contribution in [2.45, 2.75) is 13.3 Å². The Bertz CT molecular complexity index is 434. The van der Waals surface area contributed by atoms with E-state index in [1.165, 1.54) is 11.1 Å². The zero-order valence-electron chi connectivity index (χ0n) is 9.44. The van der Waals surface area contributed by atoms with Crippen molar-refractivity contribution in [3.05, 3.63) is 54.6 Å². The highest BCUT2D eigenvalue weighted by atomic mass is 16.5. The minimum absolute atomic E-state index is 0.770. The largest absolute Gasteiger partial charge is 0.494 e. The van der Waals surface area contributed by atoms with E-state index < -0.39 is 0 Å². The van der Waals surface area contributed by atoms with Crippen LogP contribution in [0.4, 0.5) is 0 Å². The van der Waals surface area contributed by atoms with Gasteiger partial charge in [0.1, 0.15) is 5.75 Å². The lowest BCUT2D eigenvalue weighted by atomic mass is 10.1. The molecule has 0 heterocycles. The van der Waals surface area contributed by atoms with E-state index in [0.29, 0.717) is 0 Å². The summed E-state index contributed by atoms with van der Waals surface area (Å²) in [6.07, 6.45) is 1.03. The summed E-state index contributed by atoms with van der Waals surface area (Å²) < 4.78 is 5.61. The molecule has 0 aromatic heterocycles. The lowest BCUT2D eigenvalue weighted by molar-refractivity contribution is 0.317. The van der Waals surface area contributed by atoms with Crippen LogP contribution in [0, 0.1) is 6.07 Å². The second-order valence-electron chi connectivity index (χ2n) is 3.66. The zero-order valence-corrected chi connectivity index (χ0v) is 9.44. The molecule has 0 unspecified atom stereocenters. The Morgan fingerprint density at radius 2 is 1.88 bits per heavy atom. The predicted octanol–water partition coefficient (Wildman–Crippen LogP) is 3.94. The van der Waals surface area contributed by atoms with Crippen LogP contribution in [0.5, 0.6) is 5.75 Å². The fourth-order valence-corrected chi connectivity index (χ4v) is 1.56. The van der Waals surface area contributed by atoms with Gasteiger partial charge in [0.05, 0.1) is 6.61 Å². The smallest absolute Gasteiger partial charge is 0.119 e. The van der Waals surface area contributed by atoms with Gasteiger partial charge in [-0.2, -0.15) is 0 Å². The Kier molecular flexibility index (Phi) is 3.60. The van der Waals surface area contributed by atoms with Gasteiger partial charge in [-0.15, -0.1) is 0 Å². The van der Waals surface area contributed by atoms with E-state index in [-0.39, 0.29) is 0 Å². The summed E-state index contributed by atoms with van der Waals surface area (Å²) in [7, 11) is 0. The molecule has 0 N–H and O–H groups in total. The fraction of sp³-hybridized carbons (Fsp3) is 0.200. The highest BCUT2D eigenvalue weighted by Gasteiger charge is 1.98. The summed E-state index contributed by atoms with van der Waals surface area (Å²) in [5.41, 5.74) is 2.38. The van der Waals surface area contributed by atoms with Crippen LogP contribution < -0.4 is 4.74 Å². The van der Waals surface area contributed by atoms with Crippen molar-refractivity contribution in [3.63, 3.8) is 0 Å². The van der Waals surface area contributed by atoms with Crippen LogP contribution in [0.2, 0.25) is 0 Å². The standard InChI is InChI=1S/C15H15O/c1-2-11-16-15-10-6-9-14(12-15)13-7-4-3-5-8-13/h4-10,12H,2,11H2,1H3. The van der Waals surface area contributed by atoms with Crippen molar-refractivity contribution in [2.24, 2.45) is 0 Å². The zero-order chi connectivity index (χ0) is 11.2. The van der Waals surface area contributed by atoms with Gasteiger partial charge in [0.2, 0.25) is 0 Å². The second-order valence-corrected chi connectivity index (χ2v) is 3.66. The molecular formula is C15H15O. The molecule has 0 saturated heterocycles. The molecule has 0 aliphatic rings. The maximum absolute atomic E-state index is 5.61. The van der Waals surface area contributed by atoms with Crippen molar-refractivity contribution in [1.82, 2.24) is 0 Å². The summed E-state index contributed by atoms with van der Waals surface area (Å²) in [6.45, 7) is 2.88. The summed E-state index contributed by atoms with van der Waals surface area (Å²) in [5, 5.41) is 0. The number of ether oxygens (including phenoxy) is 1. The molecule has 1 radical (unpaired) electrons. The van der Waals surface area contributed by atoms with E-state index in [1.54, 1.807) is 0 Å². The lowest BCUT2D eigenvalue weighted by Crippen LogP contribution is -1.94. The minimum Gasteiger partial charge on any atom is -0.494 e. The van der Waals surface area contributed by atoms with Gasteiger partial charge in [-0.3, -0.25) is 0 Å². The Hall–Kier alpha value is -1.76. The molecule has 0 amide bonds. The minimum atomic E-state index is 0.770. The van der Waals surface area contributed by atoms with Crippen LogP contribution in [0.1, 0.15) is 13.3 Å². The molecule has 0 atom stereocenters. The van der Waals surface area contributed by atoms with E-state index >= 15 is 0 Å². The first-order chi connectivity index (χ1) is 7.90. The van der Waals surface area contributed by atoms with Crippen LogP contribution in [0.3, 0.4) is 0 Å². The highest BCUT2D eigenvalue weighted by molar-refractivity contribution is 5.64. The van der Waals surface area contributed by atoms with Crippen molar-refractivity contribution >= 4 is 0 Å². The average molecular weight is 211 g/mol. The molecule has 0 bridgehead atoms. The molecule has 16 heavy (non-hydrogen) atoms. The highest BCUT2D eigenvalue weighted by Crippen LogP contribution is 2.23. The van der Waals surface area contributed by atoms with E-state index in [0.717, 1.165) is 18.8 Å². The van der Waals surface area contributed by atoms with Gasteiger partial charge in [0.15, 0.2) is 0 Å². The monoisotopic (exact) mass is 211 g/mol. The Balaban J connectivity index is 2.22. The number of rotatable bonds is 4. The summed E-state index contributed by atoms with van der Waals surface area (Å²) in [6, 6.07) is 19.2. The molecule has 81 valence electrons. The van der Waals surface area contributed by atoms with Crippen molar-refractivity contribution < 1.29 is 4.74 Å². The maximum Gasteiger partial charge on any atom is 0.119 e. The first kappa shape index (κ1) is 10.7. The summed E-state index contributed by atoms with van der Waals surface area (Å²) >= 11 is 0. The number of hydrogen-bond acceptors (Lipinski definition) is 1. The molecule has 2 aromatic rings. The van der Waals surface area contributed by atoms with Gasteiger partial charge in [-0.05, 0) is 35.7 Å². The molecule has 0 spiro atoms. The van der Waals surface area contributed by atoms with Crippen LogP contribution in [-0.2, 0) is 0 Å². The van der Waals surface area contributed by atoms with Crippen molar-refractivity contribution in [1.29, 1.82) is 0 Å². The fourth-order valence-electron chi connectivity index (χ4n) is 1.56. The molecule has 1 nitrogen and oxygen atoms in total. The Morgan fingerprint density at radius 1 is 1.06 bits per heavy atom. The lowest BCUT2D eigenvalue weighted by Gasteiger charge is -2.06. The average Bonchev–Trinajstić information content (AvgIpc) is 2.38. The van der Waals surface area contributed by atoms with Gasteiger partial charge in [0, 0.05) is 0 Å². The molecule has 2 aromatic carbocycles. The molecular weight excluding hydrogens is 196 g/mol. The van der Waals surface area contributed by atoms with E-state index in [9.17, 15) is 0 Å². The number of hydrogen-bond donors (Lipinski definition) is 0. The van der Waals surface area contributed by atoms with Crippen LogP contribution in [0.15, 0.2) is 48.5 Å². The summed E-state index contributed by atoms with van der Waals surface area (Å²) in [5.74, 6) is 0.937. The third kappa shape index (κ3) is 2.63. The molecule has 1 heteroatoms. The SMILES string of the molecule is CCCOc1cccc(-c2cc[c]cc2)c1. The first-order valence-corrected chi connectivity index (χ1v) is 5.59. The second kappa shape index (κ2) is 5.36. The first-order valence-electron chi connectivity index (χ1n) is 5.59. The quantitative estimate of drug-likeness (QED) is 0.744. The van der Waals surface area contributed by atoms with Crippen LogP contribution in [-0.4, -0.2) is 6.61 Å². The third-order valence-corrected chi connectivity index (χ3v) is 2.36. The van der Waals surface area contributed by atoms with E-state index in [2.05, 4.69) is 37.3 Å². The van der Waals surface area contributed by atoms with Crippen molar-refractivity contribution in [3.8, 4) is 16.9 Å². The Labute approximate surface area is 96.7 Å². The van der Waals surface area contributed by atoms with E-state index in [1.807, 2.05) is 24.3 Å².